The first-order chi connectivity index (χ1) is 10.1. The van der Waals surface area contributed by atoms with Gasteiger partial charge in [0.05, 0.1) is 6.10 Å². The van der Waals surface area contributed by atoms with Gasteiger partial charge in [0.15, 0.2) is 0 Å². The topological polar surface area (TPSA) is 58.6 Å². The van der Waals surface area contributed by atoms with Crippen molar-refractivity contribution >= 4 is 5.97 Å². The minimum atomic E-state index is -0.765. The van der Waals surface area contributed by atoms with E-state index in [0.29, 0.717) is 19.4 Å². The summed E-state index contributed by atoms with van der Waals surface area (Å²) in [6.45, 7) is 5.66. The van der Waals surface area contributed by atoms with Crippen LogP contribution in [0.4, 0.5) is 0 Å². The van der Waals surface area contributed by atoms with Gasteiger partial charge in [-0.15, -0.1) is 0 Å². The molecule has 0 heterocycles. The summed E-state index contributed by atoms with van der Waals surface area (Å²) in [5.74, 6) is -0.725. The molecule has 0 saturated heterocycles. The largest absolute Gasteiger partial charge is 0.480 e. The van der Waals surface area contributed by atoms with Gasteiger partial charge in [0.2, 0.25) is 0 Å². The highest BCUT2D eigenvalue weighted by atomic mass is 16.5. The molecule has 0 radical (unpaired) electrons. The number of carbonyl (C=O) groups is 1. The van der Waals surface area contributed by atoms with Gasteiger partial charge in [0.1, 0.15) is 5.54 Å². The van der Waals surface area contributed by atoms with E-state index in [-0.39, 0.29) is 6.10 Å². The van der Waals surface area contributed by atoms with Crippen molar-refractivity contribution in [1.29, 1.82) is 0 Å². The third kappa shape index (κ3) is 6.35. The van der Waals surface area contributed by atoms with Gasteiger partial charge < -0.3 is 15.2 Å². The normalized spacial score (nSPS) is 25.9. The third-order valence-corrected chi connectivity index (χ3v) is 4.48. The molecular formula is C17H33NO3. The van der Waals surface area contributed by atoms with Crippen LogP contribution in [0.1, 0.15) is 78.1 Å². The first-order valence-electron chi connectivity index (χ1n) is 8.74. The van der Waals surface area contributed by atoms with E-state index in [1.165, 1.54) is 32.1 Å². The first kappa shape index (κ1) is 18.4. The molecule has 0 aromatic carbocycles. The summed E-state index contributed by atoms with van der Waals surface area (Å²) in [7, 11) is 0. The Hall–Kier alpha value is -0.610. The maximum absolute atomic E-state index is 11.6. The van der Waals surface area contributed by atoms with Crippen molar-refractivity contribution in [1.82, 2.24) is 5.32 Å². The second kappa shape index (κ2) is 10.2. The van der Waals surface area contributed by atoms with Crippen LogP contribution in [0, 0.1) is 0 Å². The molecule has 0 spiro atoms. The lowest BCUT2D eigenvalue weighted by Crippen LogP contribution is -2.56. The van der Waals surface area contributed by atoms with Crippen molar-refractivity contribution in [3.63, 3.8) is 0 Å². The average Bonchev–Trinajstić information content (AvgIpc) is 2.47. The van der Waals surface area contributed by atoms with E-state index >= 15 is 0 Å². The summed E-state index contributed by atoms with van der Waals surface area (Å²) in [5.41, 5.74) is -0.765. The van der Waals surface area contributed by atoms with Gasteiger partial charge in [-0.2, -0.15) is 0 Å². The Morgan fingerprint density at radius 1 is 1.24 bits per heavy atom. The lowest BCUT2D eigenvalue weighted by atomic mass is 9.80. The summed E-state index contributed by atoms with van der Waals surface area (Å²) in [4.78, 5) is 11.6. The van der Waals surface area contributed by atoms with E-state index in [2.05, 4.69) is 12.2 Å². The summed E-state index contributed by atoms with van der Waals surface area (Å²) in [6, 6.07) is 0. The zero-order valence-electron chi connectivity index (χ0n) is 13.8. The number of ether oxygens (including phenoxy) is 1. The van der Waals surface area contributed by atoms with Crippen molar-refractivity contribution in [2.45, 2.75) is 89.7 Å². The maximum atomic E-state index is 11.6. The third-order valence-electron chi connectivity index (χ3n) is 4.48. The van der Waals surface area contributed by atoms with Gasteiger partial charge >= 0.3 is 5.97 Å². The standard InChI is InChI=1S/C17H33NO3/c1-3-5-6-7-8-9-13-21-15-11-10-12-17(14-15,16(19)20)18-4-2/h15,18H,3-14H2,1-2H3,(H,19,20). The first-order valence-corrected chi connectivity index (χ1v) is 8.74. The number of aliphatic carboxylic acids is 1. The molecule has 0 aliphatic heterocycles. The minimum Gasteiger partial charge on any atom is -0.480 e. The minimum absolute atomic E-state index is 0.101. The van der Waals surface area contributed by atoms with Crippen molar-refractivity contribution < 1.29 is 14.6 Å². The fraction of sp³-hybridized carbons (Fsp3) is 0.941. The van der Waals surface area contributed by atoms with Crippen LogP contribution in [0.5, 0.6) is 0 Å². The highest BCUT2D eigenvalue weighted by Gasteiger charge is 2.42. The van der Waals surface area contributed by atoms with Crippen LogP contribution in [0.2, 0.25) is 0 Å². The lowest BCUT2D eigenvalue weighted by molar-refractivity contribution is -0.149. The molecule has 1 fully saturated rings. The van der Waals surface area contributed by atoms with E-state index < -0.39 is 11.5 Å². The summed E-state index contributed by atoms with van der Waals surface area (Å²) in [6.07, 6.45) is 10.9. The van der Waals surface area contributed by atoms with Gasteiger partial charge in [-0.05, 0) is 32.2 Å². The quantitative estimate of drug-likeness (QED) is 0.571. The molecule has 0 amide bonds. The highest BCUT2D eigenvalue weighted by molar-refractivity contribution is 5.79. The molecule has 1 saturated carbocycles. The molecule has 4 nitrogen and oxygen atoms in total. The van der Waals surface area contributed by atoms with Crippen molar-refractivity contribution in [2.24, 2.45) is 0 Å². The summed E-state index contributed by atoms with van der Waals surface area (Å²) >= 11 is 0. The molecule has 21 heavy (non-hydrogen) atoms. The number of carboxylic acids is 1. The average molecular weight is 299 g/mol. The highest BCUT2D eigenvalue weighted by Crippen LogP contribution is 2.30. The van der Waals surface area contributed by atoms with E-state index in [4.69, 9.17) is 4.74 Å². The zero-order chi connectivity index (χ0) is 15.6. The number of likely N-dealkylation sites (N-methyl/N-ethyl adjacent to an activating group) is 1. The van der Waals surface area contributed by atoms with E-state index in [1.54, 1.807) is 0 Å². The number of hydrogen-bond donors (Lipinski definition) is 2. The van der Waals surface area contributed by atoms with Crippen LogP contribution in [0.15, 0.2) is 0 Å². The molecule has 4 heteroatoms. The molecule has 124 valence electrons. The Morgan fingerprint density at radius 2 is 1.95 bits per heavy atom. The SMILES string of the molecule is CCCCCCCCOC1CCCC(NCC)(C(=O)O)C1. The van der Waals surface area contributed by atoms with Crippen LogP contribution < -0.4 is 5.32 Å². The van der Waals surface area contributed by atoms with Crippen molar-refractivity contribution in [3.05, 3.63) is 0 Å². The molecule has 2 unspecified atom stereocenters. The lowest BCUT2D eigenvalue weighted by Gasteiger charge is -2.38. The van der Waals surface area contributed by atoms with Gasteiger partial charge in [-0.25, -0.2) is 0 Å². The van der Waals surface area contributed by atoms with Crippen LogP contribution >= 0.6 is 0 Å². The molecule has 1 rings (SSSR count). The Kier molecular flexibility index (Phi) is 8.93. The van der Waals surface area contributed by atoms with E-state index in [1.807, 2.05) is 6.92 Å². The summed E-state index contributed by atoms with van der Waals surface area (Å²) < 4.78 is 5.94. The predicted molar refractivity (Wildman–Crippen MR) is 85.6 cm³/mol. The molecule has 2 atom stereocenters. The van der Waals surface area contributed by atoms with Gasteiger partial charge in [0, 0.05) is 13.0 Å². The Balaban J connectivity index is 2.24. The fourth-order valence-electron chi connectivity index (χ4n) is 3.27. The molecule has 2 N–H and O–H groups in total. The van der Waals surface area contributed by atoms with Gasteiger partial charge in [0.25, 0.3) is 0 Å². The maximum Gasteiger partial charge on any atom is 0.323 e. The Morgan fingerprint density at radius 3 is 2.62 bits per heavy atom. The van der Waals surface area contributed by atoms with Crippen LogP contribution in [-0.2, 0) is 9.53 Å². The van der Waals surface area contributed by atoms with E-state index in [0.717, 1.165) is 25.9 Å². The van der Waals surface area contributed by atoms with E-state index in [9.17, 15) is 9.90 Å². The second-order valence-electron chi connectivity index (χ2n) is 6.27. The number of rotatable bonds is 11. The Labute approximate surface area is 129 Å². The molecule has 0 aromatic rings. The molecule has 0 bridgehead atoms. The van der Waals surface area contributed by atoms with Crippen molar-refractivity contribution in [3.8, 4) is 0 Å². The predicted octanol–water partition coefficient (Wildman–Crippen LogP) is 3.74. The van der Waals surface area contributed by atoms with Crippen LogP contribution in [0.25, 0.3) is 0 Å². The fourth-order valence-corrected chi connectivity index (χ4v) is 3.27. The molecule has 0 aromatic heterocycles. The van der Waals surface area contributed by atoms with Crippen molar-refractivity contribution in [2.75, 3.05) is 13.2 Å². The van der Waals surface area contributed by atoms with Crippen LogP contribution in [0.3, 0.4) is 0 Å². The molecular weight excluding hydrogens is 266 g/mol. The van der Waals surface area contributed by atoms with Gasteiger partial charge in [-0.3, -0.25) is 4.79 Å². The number of hydrogen-bond acceptors (Lipinski definition) is 3. The smallest absolute Gasteiger partial charge is 0.323 e. The monoisotopic (exact) mass is 299 g/mol. The Bertz CT molecular complexity index is 292. The van der Waals surface area contributed by atoms with Gasteiger partial charge in [-0.1, -0.05) is 46.0 Å². The zero-order valence-corrected chi connectivity index (χ0v) is 13.8. The van der Waals surface area contributed by atoms with Crippen LogP contribution in [-0.4, -0.2) is 35.9 Å². The number of nitrogens with one attached hydrogen (secondary N) is 1. The summed E-state index contributed by atoms with van der Waals surface area (Å²) in [5, 5.41) is 12.7. The number of unbranched alkanes of at least 4 members (excludes halogenated alkanes) is 5. The number of carboxylic acid groups (broad SMARTS) is 1. The molecule has 1 aliphatic carbocycles. The molecule has 1 aliphatic rings. The second-order valence-corrected chi connectivity index (χ2v) is 6.27.